The lowest BCUT2D eigenvalue weighted by molar-refractivity contribution is -0.113. The number of amides is 2. The molecule has 0 aliphatic carbocycles. The van der Waals surface area contributed by atoms with Gasteiger partial charge in [-0.15, -0.1) is 16.8 Å². The third-order valence-corrected chi connectivity index (χ3v) is 6.55. The molecule has 0 saturated carbocycles. The van der Waals surface area contributed by atoms with Crippen LogP contribution in [0.25, 0.3) is 0 Å². The van der Waals surface area contributed by atoms with Crippen molar-refractivity contribution in [1.29, 1.82) is 0 Å². The van der Waals surface area contributed by atoms with Crippen molar-refractivity contribution >= 4 is 40.9 Å². The van der Waals surface area contributed by atoms with Gasteiger partial charge >= 0.3 is 0 Å². The second-order valence-corrected chi connectivity index (χ2v) is 9.88. The predicted molar refractivity (Wildman–Crippen MR) is 142 cm³/mol. The van der Waals surface area contributed by atoms with Gasteiger partial charge < -0.3 is 15.2 Å². The fourth-order valence-corrected chi connectivity index (χ4v) is 4.55. The molecule has 2 amide bonds. The third-order valence-electron chi connectivity index (χ3n) is 5.25. The van der Waals surface area contributed by atoms with Crippen LogP contribution in [0.1, 0.15) is 48.1 Å². The second kappa shape index (κ2) is 12.6. The van der Waals surface area contributed by atoms with Crippen molar-refractivity contribution in [3.8, 4) is 0 Å². The van der Waals surface area contributed by atoms with Crippen molar-refractivity contribution in [3.05, 3.63) is 83.2 Å². The number of anilines is 1. The average Bonchev–Trinajstić information content (AvgIpc) is 3.21. The van der Waals surface area contributed by atoms with Crippen molar-refractivity contribution in [3.63, 3.8) is 0 Å². The number of para-hydroxylation sites is 1. The van der Waals surface area contributed by atoms with E-state index in [1.54, 1.807) is 30.3 Å². The topological polar surface area (TPSA) is 88.9 Å². The molecule has 0 unspecified atom stereocenters. The van der Waals surface area contributed by atoms with Crippen LogP contribution in [-0.4, -0.2) is 32.3 Å². The number of rotatable bonds is 11. The maximum absolute atomic E-state index is 13.0. The summed E-state index contributed by atoms with van der Waals surface area (Å²) >= 11 is 7.52. The highest BCUT2D eigenvalue weighted by Gasteiger charge is 2.25. The average molecular weight is 512 g/mol. The van der Waals surface area contributed by atoms with Crippen LogP contribution in [0.3, 0.4) is 0 Å². The van der Waals surface area contributed by atoms with Gasteiger partial charge in [0, 0.05) is 12.2 Å². The fraction of sp³-hybridized carbons (Fsp3) is 0.308. The minimum absolute atomic E-state index is 0.134. The summed E-state index contributed by atoms with van der Waals surface area (Å²) in [5.74, 6) is 0.660. The first-order valence-corrected chi connectivity index (χ1v) is 12.7. The number of hydrogen-bond donors (Lipinski definition) is 2. The molecule has 7 nitrogen and oxygen atoms in total. The zero-order valence-electron chi connectivity index (χ0n) is 20.1. The molecule has 0 saturated heterocycles. The molecule has 1 heterocycles. The van der Waals surface area contributed by atoms with Gasteiger partial charge in [-0.1, -0.05) is 73.6 Å². The first-order chi connectivity index (χ1) is 16.8. The molecule has 9 heteroatoms. The number of halogens is 1. The number of allylic oxidation sites excluding steroid dienone is 1. The summed E-state index contributed by atoms with van der Waals surface area (Å²) in [7, 11) is 0. The van der Waals surface area contributed by atoms with Crippen LogP contribution >= 0.6 is 23.4 Å². The lowest BCUT2D eigenvalue weighted by atomic mass is 10.0. The predicted octanol–water partition coefficient (Wildman–Crippen LogP) is 5.67. The van der Waals surface area contributed by atoms with Crippen LogP contribution in [0.4, 0.5) is 5.69 Å². The number of aromatic nitrogens is 3. The molecule has 0 radical (unpaired) electrons. The first kappa shape index (κ1) is 26.5. The van der Waals surface area contributed by atoms with E-state index in [0.717, 1.165) is 11.3 Å². The Labute approximate surface area is 215 Å². The van der Waals surface area contributed by atoms with E-state index in [2.05, 4.69) is 41.3 Å². The molecule has 1 aromatic heterocycles. The van der Waals surface area contributed by atoms with Crippen molar-refractivity contribution in [2.24, 2.45) is 5.92 Å². The monoisotopic (exact) mass is 511 g/mol. The quantitative estimate of drug-likeness (QED) is 0.255. The van der Waals surface area contributed by atoms with Crippen LogP contribution in [0.2, 0.25) is 5.02 Å². The van der Waals surface area contributed by atoms with E-state index in [9.17, 15) is 9.59 Å². The number of carbonyl (C=O) groups is 2. The Morgan fingerprint density at radius 2 is 1.86 bits per heavy atom. The number of thioether (sulfide) groups is 1. The van der Waals surface area contributed by atoms with Crippen LogP contribution in [-0.2, 0) is 11.3 Å². The van der Waals surface area contributed by atoms with Crippen molar-refractivity contribution in [2.75, 3.05) is 11.1 Å². The Balaban J connectivity index is 1.78. The number of nitrogens with one attached hydrogen (secondary N) is 2. The van der Waals surface area contributed by atoms with Crippen LogP contribution in [0.15, 0.2) is 66.3 Å². The minimum atomic E-state index is -0.388. The summed E-state index contributed by atoms with van der Waals surface area (Å²) < 4.78 is 1.89. The Hall–Kier alpha value is -3.10. The van der Waals surface area contributed by atoms with Gasteiger partial charge in [0.05, 0.1) is 22.4 Å². The van der Waals surface area contributed by atoms with Gasteiger partial charge in [0.15, 0.2) is 11.0 Å². The standard InChI is InChI=1S/C26H30ClN5O2S/c1-5-14-32-24(22(15-17(2)3)29-25(34)19-11-7-8-12-20(19)27)30-31-26(32)35-16-23(33)28-21-13-9-6-10-18(21)4/h5-13,17,22H,1,14-16H2,2-4H3,(H,28,33)(H,29,34)/t22-/m1/s1. The SMILES string of the molecule is C=CCn1c(SCC(=O)Nc2ccccc2C)nnc1[C@@H](CC(C)C)NC(=O)c1ccccc1Cl. The first-order valence-electron chi connectivity index (χ1n) is 11.4. The summed E-state index contributed by atoms with van der Waals surface area (Å²) in [6.45, 7) is 10.4. The lowest BCUT2D eigenvalue weighted by Gasteiger charge is -2.21. The van der Waals surface area contributed by atoms with Gasteiger partial charge in [0.1, 0.15) is 0 Å². The Morgan fingerprint density at radius 1 is 1.14 bits per heavy atom. The normalized spacial score (nSPS) is 11.8. The Bertz CT molecular complexity index is 1190. The smallest absolute Gasteiger partial charge is 0.253 e. The third kappa shape index (κ3) is 7.19. The highest BCUT2D eigenvalue weighted by Crippen LogP contribution is 2.26. The Morgan fingerprint density at radius 3 is 2.54 bits per heavy atom. The molecule has 3 rings (SSSR count). The molecule has 2 N–H and O–H groups in total. The van der Waals surface area contributed by atoms with E-state index in [0.29, 0.717) is 34.5 Å². The van der Waals surface area contributed by atoms with E-state index in [1.807, 2.05) is 35.8 Å². The summed E-state index contributed by atoms with van der Waals surface area (Å²) in [5.41, 5.74) is 2.18. The highest BCUT2D eigenvalue weighted by atomic mass is 35.5. The molecule has 0 fully saturated rings. The number of nitrogens with zero attached hydrogens (tertiary/aromatic N) is 3. The summed E-state index contributed by atoms with van der Waals surface area (Å²) in [5, 5.41) is 15.7. The van der Waals surface area contributed by atoms with Gasteiger partial charge in [-0.25, -0.2) is 0 Å². The van der Waals surface area contributed by atoms with Gasteiger partial charge in [0.2, 0.25) is 5.91 Å². The van der Waals surface area contributed by atoms with Crippen molar-refractivity contribution < 1.29 is 9.59 Å². The zero-order valence-corrected chi connectivity index (χ0v) is 21.7. The highest BCUT2D eigenvalue weighted by molar-refractivity contribution is 7.99. The van der Waals surface area contributed by atoms with Crippen molar-refractivity contribution in [2.45, 2.75) is 44.9 Å². The van der Waals surface area contributed by atoms with Crippen LogP contribution in [0, 0.1) is 12.8 Å². The molecule has 0 aliphatic rings. The number of benzene rings is 2. The molecule has 0 spiro atoms. The molecular weight excluding hydrogens is 482 g/mol. The zero-order chi connectivity index (χ0) is 25.4. The largest absolute Gasteiger partial charge is 0.342 e. The van der Waals surface area contributed by atoms with E-state index >= 15 is 0 Å². The number of carbonyl (C=O) groups excluding carboxylic acids is 2. The minimum Gasteiger partial charge on any atom is -0.342 e. The summed E-state index contributed by atoms with van der Waals surface area (Å²) in [6, 6.07) is 14.2. The fourth-order valence-electron chi connectivity index (χ4n) is 3.58. The molecule has 184 valence electrons. The van der Waals surface area contributed by atoms with Gasteiger partial charge in [-0.05, 0) is 43.0 Å². The van der Waals surface area contributed by atoms with E-state index in [4.69, 9.17) is 11.6 Å². The molecule has 3 aromatic rings. The summed E-state index contributed by atoms with van der Waals surface area (Å²) in [4.78, 5) is 25.5. The van der Waals surface area contributed by atoms with Crippen LogP contribution < -0.4 is 10.6 Å². The molecule has 35 heavy (non-hydrogen) atoms. The molecular formula is C26H30ClN5O2S. The lowest BCUT2D eigenvalue weighted by Crippen LogP contribution is -2.32. The van der Waals surface area contributed by atoms with Crippen LogP contribution in [0.5, 0.6) is 0 Å². The van der Waals surface area contributed by atoms with E-state index in [1.165, 1.54) is 11.8 Å². The molecule has 2 aromatic carbocycles. The van der Waals surface area contributed by atoms with Crippen molar-refractivity contribution in [1.82, 2.24) is 20.1 Å². The Kier molecular flexibility index (Phi) is 9.51. The summed E-state index contributed by atoms with van der Waals surface area (Å²) in [6.07, 6.45) is 2.40. The molecule has 0 bridgehead atoms. The maximum atomic E-state index is 13.0. The maximum Gasteiger partial charge on any atom is 0.253 e. The van der Waals surface area contributed by atoms with E-state index in [-0.39, 0.29) is 29.5 Å². The van der Waals surface area contributed by atoms with Gasteiger partial charge in [-0.2, -0.15) is 0 Å². The van der Waals surface area contributed by atoms with Gasteiger partial charge in [0.25, 0.3) is 5.91 Å². The second-order valence-electron chi connectivity index (χ2n) is 8.53. The molecule has 1 atom stereocenters. The molecule has 0 aliphatic heterocycles. The number of aryl methyl sites for hydroxylation is 1. The van der Waals surface area contributed by atoms with E-state index < -0.39 is 0 Å². The van der Waals surface area contributed by atoms with Gasteiger partial charge in [-0.3, -0.25) is 9.59 Å². The number of hydrogen-bond acceptors (Lipinski definition) is 5.